The minimum atomic E-state index is -1.08. The molecule has 0 unspecified atom stereocenters. The van der Waals surface area contributed by atoms with Crippen LogP contribution in [0.15, 0.2) is 0 Å². The Morgan fingerprint density at radius 2 is 1.08 bits per heavy atom. The van der Waals surface area contributed by atoms with Gasteiger partial charge in [-0.2, -0.15) is 0 Å². The molecule has 0 aromatic carbocycles. The second kappa shape index (κ2) is 22.6. The predicted octanol–water partition coefficient (Wildman–Crippen LogP) is -1.11. The molecule has 8 heteroatoms. The molecule has 0 N–H and O–H groups in total. The molecule has 0 aliphatic heterocycles. The Kier molecular flexibility index (Phi) is 43.1. The molecule has 79 valence electrons. The molecule has 1 radical (unpaired) electrons. The molecule has 0 atom stereocenters. The van der Waals surface area contributed by atoms with Gasteiger partial charge in [-0.15, -0.1) is 0 Å². The van der Waals surface area contributed by atoms with Crippen molar-refractivity contribution in [2.75, 3.05) is 0 Å². The first-order valence-electron chi connectivity index (χ1n) is 2.08. The van der Waals surface area contributed by atoms with Crippen LogP contribution in [0.3, 0.4) is 0 Å². The predicted molar refractivity (Wildman–Crippen MR) is 33.1 cm³/mol. The van der Waals surface area contributed by atoms with Crippen LogP contribution in [0, 0.1) is 0 Å². The average Bonchev–Trinajstić information content (AvgIpc) is 1.60. The van der Waals surface area contributed by atoms with Gasteiger partial charge in [0.15, 0.2) is 0 Å². The molecule has 0 saturated heterocycles. The molecule has 0 aliphatic rings. The summed E-state index contributed by atoms with van der Waals surface area (Å²) in [5, 5.41) is 17.8. The van der Waals surface area contributed by atoms with Crippen molar-refractivity contribution in [2.24, 2.45) is 0 Å². The molecule has 0 heterocycles. The van der Waals surface area contributed by atoms with Gasteiger partial charge in [0.2, 0.25) is 0 Å². The molecule has 0 spiro atoms. The third-order valence-electron chi connectivity index (χ3n) is 0. The monoisotopic (exact) mass is 307 g/mol. The van der Waals surface area contributed by atoms with Crippen LogP contribution >= 0.6 is 20.2 Å². The number of hydrogen-bond donors (Lipinski definition) is 0. The molecule has 0 rings (SSSR count). The minimum absolute atomic E-state index is 0. The second-order valence-corrected chi connectivity index (χ2v) is 2.86. The van der Waals surface area contributed by atoms with E-state index >= 15 is 0 Å². The van der Waals surface area contributed by atoms with Crippen molar-refractivity contribution in [3.8, 4) is 0 Å². The molecule has 0 saturated carbocycles. The normalized spacial score (nSPS) is 6.00. The van der Waals surface area contributed by atoms with E-state index in [2.05, 4.69) is 0 Å². The Bertz CT molecular complexity index is 93.2. The van der Waals surface area contributed by atoms with Crippen LogP contribution in [0.2, 0.25) is 0 Å². The largest absolute Gasteiger partial charge is 2.00 e. The first-order chi connectivity index (χ1) is 4.88. The fraction of sp³-hybridized carbons (Fsp3) is 0.500. The first-order valence-corrected chi connectivity index (χ1v) is 5.12. The summed E-state index contributed by atoms with van der Waals surface area (Å²) in [6.45, 7) is 1.94. The van der Waals surface area contributed by atoms with Gasteiger partial charge in [-0.3, -0.25) is 0 Å². The maximum absolute atomic E-state index is 8.89. The van der Waals surface area contributed by atoms with E-state index in [0.29, 0.717) is 0 Å². The van der Waals surface area contributed by atoms with Gasteiger partial charge < -0.3 is 19.8 Å². The smallest absolute Gasteiger partial charge is 2.00 e. The van der Waals surface area contributed by atoms with Crippen LogP contribution in [0.5, 0.6) is 0 Å². The summed E-state index contributed by atoms with van der Waals surface area (Å²) in [6, 6.07) is 0. The number of aliphatic carboxylic acids is 2. The van der Waals surface area contributed by atoms with E-state index in [1.165, 1.54) is 0 Å². The summed E-state index contributed by atoms with van der Waals surface area (Å²) < 4.78 is 0. The van der Waals surface area contributed by atoms with Crippen LogP contribution in [-0.2, 0) is 39.8 Å². The van der Waals surface area contributed by atoms with Gasteiger partial charge in [0.05, 0.1) is 0 Å². The third kappa shape index (κ3) is 3090. The van der Waals surface area contributed by atoms with Crippen molar-refractivity contribution >= 4 is 32.1 Å². The van der Waals surface area contributed by atoms with Crippen molar-refractivity contribution in [2.45, 2.75) is 13.8 Å². The SMILES string of the molecule is CC(=O)[O-].CC(=O)[O-].[Cl][Fe][Cl].[Cu+2]. The topological polar surface area (TPSA) is 80.3 Å². The maximum Gasteiger partial charge on any atom is 2.00 e. The second-order valence-electron chi connectivity index (χ2n) is 1.03. The molecule has 0 aromatic rings. The molecule has 0 amide bonds. The van der Waals surface area contributed by atoms with E-state index in [-0.39, 0.29) is 30.2 Å². The summed E-state index contributed by atoms with van der Waals surface area (Å²) in [4.78, 5) is 17.8. The van der Waals surface area contributed by atoms with E-state index in [1.807, 2.05) is 0 Å². The molecule has 0 aliphatic carbocycles. The molecular formula is C4H6Cl2CuFeO4. The van der Waals surface area contributed by atoms with Gasteiger partial charge in [-0.1, -0.05) is 0 Å². The fourth-order valence-corrected chi connectivity index (χ4v) is 0. The number of rotatable bonds is 0. The Hall–Kier alpha value is 0.559. The van der Waals surface area contributed by atoms with Crippen LogP contribution < -0.4 is 10.2 Å². The standard InChI is InChI=1S/2C2H4O2.2ClH.Cu.Fe/c2*1-2(3)4;;;;/h2*1H3,(H,3,4);2*1H;;/q;;;;2*+2/p-4. The Morgan fingerprint density at radius 1 is 1.08 bits per heavy atom. The van der Waals surface area contributed by atoms with Crippen molar-refractivity contribution in [3.05, 3.63) is 0 Å². The van der Waals surface area contributed by atoms with Gasteiger partial charge in [-0.05, 0) is 13.8 Å². The molecule has 0 bridgehead atoms. The molecule has 0 fully saturated rings. The molecule has 4 nitrogen and oxygen atoms in total. The Morgan fingerprint density at radius 3 is 1.08 bits per heavy atom. The number of carbonyl (C=O) groups is 2. The zero-order valence-corrected chi connectivity index (χ0v) is 9.60. The van der Waals surface area contributed by atoms with E-state index in [0.717, 1.165) is 13.8 Å². The van der Waals surface area contributed by atoms with Crippen molar-refractivity contribution in [1.29, 1.82) is 0 Å². The Labute approximate surface area is 95.7 Å². The van der Waals surface area contributed by atoms with Gasteiger partial charge in [0.25, 0.3) is 0 Å². The van der Waals surface area contributed by atoms with E-state index < -0.39 is 11.9 Å². The van der Waals surface area contributed by atoms with E-state index in [4.69, 9.17) is 40.0 Å². The number of hydrogen-bond acceptors (Lipinski definition) is 4. The van der Waals surface area contributed by atoms with Crippen molar-refractivity contribution in [3.63, 3.8) is 0 Å². The zero-order chi connectivity index (χ0) is 9.86. The van der Waals surface area contributed by atoms with Crippen molar-refractivity contribution < 1.29 is 50.0 Å². The maximum atomic E-state index is 8.89. The van der Waals surface area contributed by atoms with Crippen LogP contribution in [-0.4, -0.2) is 11.9 Å². The average molecular weight is 308 g/mol. The summed E-state index contributed by atoms with van der Waals surface area (Å²) in [6.07, 6.45) is 0. The minimum Gasteiger partial charge on any atom is 2.00 e. The zero-order valence-electron chi connectivity index (χ0n) is 6.04. The van der Waals surface area contributed by atoms with Crippen LogP contribution in [0.25, 0.3) is 0 Å². The van der Waals surface area contributed by atoms with Crippen LogP contribution in [0.4, 0.5) is 0 Å². The number of carbonyl (C=O) groups excluding carboxylic acids is 2. The van der Waals surface area contributed by atoms with Crippen molar-refractivity contribution in [1.82, 2.24) is 0 Å². The van der Waals surface area contributed by atoms with Gasteiger partial charge in [-0.25, -0.2) is 0 Å². The summed E-state index contributed by atoms with van der Waals surface area (Å²) in [5.74, 6) is -2.17. The summed E-state index contributed by atoms with van der Waals surface area (Å²) in [7, 11) is 9.53. The number of carboxylic acids is 2. The molecular weight excluding hydrogens is 302 g/mol. The summed E-state index contributed by atoms with van der Waals surface area (Å²) >= 11 is 0.194. The van der Waals surface area contributed by atoms with Crippen LogP contribution in [0.1, 0.15) is 13.8 Å². The van der Waals surface area contributed by atoms with Gasteiger partial charge in [0, 0.05) is 11.9 Å². The van der Waals surface area contributed by atoms with E-state index in [1.54, 1.807) is 0 Å². The molecule has 0 aromatic heterocycles. The fourth-order valence-electron chi connectivity index (χ4n) is 0. The summed E-state index contributed by atoms with van der Waals surface area (Å²) in [5.41, 5.74) is 0. The molecule has 12 heavy (non-hydrogen) atoms. The third-order valence-corrected chi connectivity index (χ3v) is 0. The first kappa shape index (κ1) is 22.9. The number of carboxylic acid groups (broad SMARTS) is 2. The van der Waals surface area contributed by atoms with Gasteiger partial charge >= 0.3 is 50.4 Å². The number of halogens is 2. The quantitative estimate of drug-likeness (QED) is 0.531. The van der Waals surface area contributed by atoms with E-state index in [9.17, 15) is 0 Å². The Balaban J connectivity index is -0.0000000389. The van der Waals surface area contributed by atoms with Gasteiger partial charge in [0.1, 0.15) is 0 Å².